The molecule has 2 atom stereocenters. The van der Waals surface area contributed by atoms with Gasteiger partial charge in [0, 0.05) is 6.42 Å². The summed E-state index contributed by atoms with van der Waals surface area (Å²) in [5.41, 5.74) is 5.35. The van der Waals surface area contributed by atoms with Crippen LogP contribution in [0.4, 0.5) is 0 Å². The van der Waals surface area contributed by atoms with Crippen molar-refractivity contribution >= 4 is 23.7 Å². The van der Waals surface area contributed by atoms with Crippen LogP contribution in [0.15, 0.2) is 0 Å². The fourth-order valence-electron chi connectivity index (χ4n) is 1.43. The van der Waals surface area contributed by atoms with Gasteiger partial charge in [-0.2, -0.15) is 0 Å². The van der Waals surface area contributed by atoms with E-state index in [-0.39, 0.29) is 25.4 Å². The SMILES string of the molecule is CCOC(=O)C(N)C(=O)NC1CCC(=O)NC1=O. The predicted molar refractivity (Wildman–Crippen MR) is 58.9 cm³/mol. The van der Waals surface area contributed by atoms with Crippen LogP contribution in [0.2, 0.25) is 0 Å². The highest BCUT2D eigenvalue weighted by molar-refractivity contribution is 6.05. The van der Waals surface area contributed by atoms with Crippen molar-refractivity contribution in [2.45, 2.75) is 31.8 Å². The third kappa shape index (κ3) is 3.52. The second kappa shape index (κ2) is 6.10. The van der Waals surface area contributed by atoms with Gasteiger partial charge in [-0.3, -0.25) is 19.7 Å². The third-order valence-electron chi connectivity index (χ3n) is 2.38. The van der Waals surface area contributed by atoms with Gasteiger partial charge in [0.05, 0.1) is 6.61 Å². The number of rotatable bonds is 4. The maximum atomic E-state index is 11.6. The molecule has 1 fully saturated rings. The van der Waals surface area contributed by atoms with Crippen molar-refractivity contribution in [1.82, 2.24) is 10.6 Å². The molecule has 1 saturated heterocycles. The molecular weight excluding hydrogens is 242 g/mol. The number of carbonyl (C=O) groups is 4. The molecule has 0 saturated carbocycles. The predicted octanol–water partition coefficient (Wildman–Crippen LogP) is -2.20. The van der Waals surface area contributed by atoms with Gasteiger partial charge in [0.15, 0.2) is 6.04 Å². The van der Waals surface area contributed by atoms with Gasteiger partial charge in [0.1, 0.15) is 6.04 Å². The van der Waals surface area contributed by atoms with Gasteiger partial charge in [-0.15, -0.1) is 0 Å². The molecule has 4 N–H and O–H groups in total. The summed E-state index contributed by atoms with van der Waals surface area (Å²) in [6.45, 7) is 1.70. The number of amides is 3. The molecule has 1 aliphatic heterocycles. The Balaban J connectivity index is 2.51. The zero-order valence-corrected chi connectivity index (χ0v) is 9.89. The van der Waals surface area contributed by atoms with E-state index >= 15 is 0 Å². The van der Waals surface area contributed by atoms with Crippen LogP contribution >= 0.6 is 0 Å². The van der Waals surface area contributed by atoms with E-state index in [9.17, 15) is 19.2 Å². The van der Waals surface area contributed by atoms with Crippen molar-refractivity contribution in [3.8, 4) is 0 Å². The lowest BCUT2D eigenvalue weighted by molar-refractivity contribution is -0.149. The van der Waals surface area contributed by atoms with Crippen molar-refractivity contribution in [2.75, 3.05) is 6.61 Å². The number of nitrogens with two attached hydrogens (primary N) is 1. The number of carbonyl (C=O) groups excluding carboxylic acids is 4. The highest BCUT2D eigenvalue weighted by Crippen LogP contribution is 2.04. The lowest BCUT2D eigenvalue weighted by Crippen LogP contribution is -2.56. The molecule has 1 aliphatic rings. The molecule has 18 heavy (non-hydrogen) atoms. The van der Waals surface area contributed by atoms with Crippen molar-refractivity contribution in [1.29, 1.82) is 0 Å². The van der Waals surface area contributed by atoms with Crippen molar-refractivity contribution < 1.29 is 23.9 Å². The molecule has 0 aromatic carbocycles. The summed E-state index contributed by atoms with van der Waals surface area (Å²) in [6, 6.07) is -2.33. The van der Waals surface area contributed by atoms with Gasteiger partial charge in [-0.05, 0) is 13.3 Å². The minimum absolute atomic E-state index is 0.109. The zero-order valence-electron chi connectivity index (χ0n) is 9.89. The molecule has 0 bridgehead atoms. The minimum Gasteiger partial charge on any atom is -0.464 e. The van der Waals surface area contributed by atoms with Crippen LogP contribution in [-0.2, 0) is 23.9 Å². The Kier molecular flexibility index (Phi) is 4.78. The third-order valence-corrected chi connectivity index (χ3v) is 2.38. The van der Waals surface area contributed by atoms with Gasteiger partial charge in [-0.1, -0.05) is 0 Å². The van der Waals surface area contributed by atoms with E-state index in [1.54, 1.807) is 6.92 Å². The van der Waals surface area contributed by atoms with Crippen molar-refractivity contribution in [3.63, 3.8) is 0 Å². The molecule has 3 amide bonds. The van der Waals surface area contributed by atoms with Crippen LogP contribution < -0.4 is 16.4 Å². The first kappa shape index (κ1) is 14.1. The fraction of sp³-hybridized carbons (Fsp3) is 0.600. The molecule has 0 spiro atoms. The normalized spacial score (nSPS) is 20.9. The van der Waals surface area contributed by atoms with Crippen LogP contribution in [-0.4, -0.2) is 42.4 Å². The van der Waals surface area contributed by atoms with E-state index in [2.05, 4.69) is 15.4 Å². The van der Waals surface area contributed by atoms with E-state index < -0.39 is 29.9 Å². The number of nitrogens with one attached hydrogen (secondary N) is 2. The molecular formula is C10H15N3O5. The van der Waals surface area contributed by atoms with Crippen LogP contribution in [0.1, 0.15) is 19.8 Å². The Morgan fingerprint density at radius 1 is 1.56 bits per heavy atom. The van der Waals surface area contributed by atoms with Gasteiger partial charge < -0.3 is 15.8 Å². The van der Waals surface area contributed by atoms with Gasteiger partial charge in [0.2, 0.25) is 17.7 Å². The average Bonchev–Trinajstić information content (AvgIpc) is 2.32. The Labute approximate surface area is 103 Å². The molecule has 1 rings (SSSR count). The van der Waals surface area contributed by atoms with Crippen LogP contribution in [0.5, 0.6) is 0 Å². The Bertz CT molecular complexity index is 382. The summed E-state index contributed by atoms with van der Waals surface area (Å²) in [7, 11) is 0. The zero-order chi connectivity index (χ0) is 13.7. The lowest BCUT2D eigenvalue weighted by Gasteiger charge is -2.22. The van der Waals surface area contributed by atoms with E-state index in [0.717, 1.165) is 0 Å². The van der Waals surface area contributed by atoms with Crippen LogP contribution in [0.3, 0.4) is 0 Å². The largest absolute Gasteiger partial charge is 0.464 e. The molecule has 0 aromatic heterocycles. The highest BCUT2D eigenvalue weighted by Gasteiger charge is 2.31. The molecule has 0 aliphatic carbocycles. The topological polar surface area (TPSA) is 128 Å². The first-order chi connectivity index (χ1) is 8.45. The smallest absolute Gasteiger partial charge is 0.332 e. The quantitative estimate of drug-likeness (QED) is 0.298. The molecule has 8 heteroatoms. The summed E-state index contributed by atoms with van der Waals surface area (Å²) in [4.78, 5) is 45.0. The maximum absolute atomic E-state index is 11.6. The molecule has 100 valence electrons. The minimum atomic E-state index is -1.48. The van der Waals surface area contributed by atoms with Crippen LogP contribution in [0.25, 0.3) is 0 Å². The van der Waals surface area contributed by atoms with Crippen LogP contribution in [0, 0.1) is 0 Å². The van der Waals surface area contributed by atoms with Crippen molar-refractivity contribution in [2.24, 2.45) is 5.73 Å². The van der Waals surface area contributed by atoms with E-state index in [1.807, 2.05) is 0 Å². The molecule has 0 aromatic rings. The summed E-state index contributed by atoms with van der Waals surface area (Å²) in [6.07, 6.45) is 0.317. The number of hydrogen-bond acceptors (Lipinski definition) is 6. The van der Waals surface area contributed by atoms with Gasteiger partial charge >= 0.3 is 5.97 Å². The monoisotopic (exact) mass is 257 g/mol. The van der Waals surface area contributed by atoms with E-state index in [0.29, 0.717) is 0 Å². The molecule has 1 heterocycles. The first-order valence-electron chi connectivity index (χ1n) is 5.52. The number of imide groups is 1. The second-order valence-corrected chi connectivity index (χ2v) is 3.74. The summed E-state index contributed by atoms with van der Waals surface area (Å²) in [5, 5.41) is 4.38. The Hall–Kier alpha value is -1.96. The van der Waals surface area contributed by atoms with E-state index in [4.69, 9.17) is 5.73 Å². The fourth-order valence-corrected chi connectivity index (χ4v) is 1.43. The van der Waals surface area contributed by atoms with Gasteiger partial charge in [0.25, 0.3) is 0 Å². The van der Waals surface area contributed by atoms with E-state index in [1.165, 1.54) is 0 Å². The number of piperidine rings is 1. The summed E-state index contributed by atoms with van der Waals surface area (Å²) < 4.78 is 4.58. The molecule has 2 unspecified atom stereocenters. The Morgan fingerprint density at radius 3 is 2.78 bits per heavy atom. The number of ether oxygens (including phenoxy) is 1. The maximum Gasteiger partial charge on any atom is 0.332 e. The first-order valence-corrected chi connectivity index (χ1v) is 5.52. The average molecular weight is 257 g/mol. The molecule has 0 radical (unpaired) electrons. The van der Waals surface area contributed by atoms with Gasteiger partial charge in [-0.25, -0.2) is 4.79 Å². The van der Waals surface area contributed by atoms with Crippen molar-refractivity contribution in [3.05, 3.63) is 0 Å². The Morgan fingerprint density at radius 2 is 2.22 bits per heavy atom. The summed E-state index contributed by atoms with van der Waals surface area (Å²) >= 11 is 0. The number of esters is 1. The second-order valence-electron chi connectivity index (χ2n) is 3.74. The highest BCUT2D eigenvalue weighted by atomic mass is 16.5. The molecule has 8 nitrogen and oxygen atoms in total. The lowest BCUT2D eigenvalue weighted by atomic mass is 10.1. The standard InChI is InChI=1S/C10H15N3O5/c1-2-18-10(17)7(11)9(16)12-5-3-4-6(14)13-8(5)15/h5,7H,2-4,11H2,1H3,(H,12,16)(H,13,14,15). The summed E-state index contributed by atoms with van der Waals surface area (Å²) in [5.74, 6) is -2.65. The number of hydrogen-bond donors (Lipinski definition) is 3.